The minimum atomic E-state index is -0.168. The standard InChI is InChI=1S/C12H16O3/c1-8-3-2-4-10-9(5-6-11(10)13)7-12(14)15-8/h2-3,8-10H,4-7H2,1H3/b3-2+/t8?,9-,10-/m1/s1. The molecule has 1 saturated carbocycles. The van der Waals surface area contributed by atoms with Crippen molar-refractivity contribution in [3.05, 3.63) is 12.2 Å². The van der Waals surface area contributed by atoms with Crippen molar-refractivity contribution < 1.29 is 14.3 Å². The van der Waals surface area contributed by atoms with Crippen LogP contribution in [0.5, 0.6) is 0 Å². The molecule has 82 valence electrons. The molecule has 0 saturated heterocycles. The molecule has 0 N–H and O–H groups in total. The molecule has 1 aliphatic heterocycles. The van der Waals surface area contributed by atoms with Gasteiger partial charge in [-0.2, -0.15) is 0 Å². The van der Waals surface area contributed by atoms with Crippen LogP contribution in [0.15, 0.2) is 12.2 Å². The van der Waals surface area contributed by atoms with Crippen molar-refractivity contribution in [3.8, 4) is 0 Å². The van der Waals surface area contributed by atoms with E-state index >= 15 is 0 Å². The minimum Gasteiger partial charge on any atom is -0.458 e. The summed E-state index contributed by atoms with van der Waals surface area (Å²) in [5.41, 5.74) is 0. The number of carbonyl (C=O) groups excluding carboxylic acids is 2. The number of fused-ring (bicyclic) bond motifs is 1. The first-order valence-electron chi connectivity index (χ1n) is 5.55. The number of esters is 1. The summed E-state index contributed by atoms with van der Waals surface area (Å²) in [7, 11) is 0. The van der Waals surface area contributed by atoms with Gasteiger partial charge in [0, 0.05) is 18.8 Å². The molecular formula is C12H16O3. The van der Waals surface area contributed by atoms with Crippen molar-refractivity contribution in [3.63, 3.8) is 0 Å². The Balaban J connectivity index is 2.14. The predicted molar refractivity (Wildman–Crippen MR) is 55.1 cm³/mol. The Hall–Kier alpha value is -1.12. The molecule has 3 nitrogen and oxygen atoms in total. The largest absolute Gasteiger partial charge is 0.458 e. The highest BCUT2D eigenvalue weighted by molar-refractivity contribution is 5.84. The zero-order valence-electron chi connectivity index (χ0n) is 8.94. The molecule has 2 rings (SSSR count). The molecule has 1 fully saturated rings. The van der Waals surface area contributed by atoms with E-state index in [9.17, 15) is 9.59 Å². The number of ether oxygens (including phenoxy) is 1. The fourth-order valence-corrected chi connectivity index (χ4v) is 2.47. The first-order chi connectivity index (χ1) is 7.16. The summed E-state index contributed by atoms with van der Waals surface area (Å²) in [6.07, 6.45) is 6.34. The summed E-state index contributed by atoms with van der Waals surface area (Å²) in [5, 5.41) is 0. The summed E-state index contributed by atoms with van der Waals surface area (Å²) in [6, 6.07) is 0. The van der Waals surface area contributed by atoms with Gasteiger partial charge in [-0.1, -0.05) is 6.08 Å². The second kappa shape index (κ2) is 4.17. The van der Waals surface area contributed by atoms with Crippen molar-refractivity contribution in [2.45, 2.75) is 38.7 Å². The number of hydrogen-bond donors (Lipinski definition) is 0. The van der Waals surface area contributed by atoms with Crippen LogP contribution in [0, 0.1) is 11.8 Å². The van der Waals surface area contributed by atoms with Crippen LogP contribution < -0.4 is 0 Å². The third-order valence-electron chi connectivity index (χ3n) is 3.29. The monoisotopic (exact) mass is 208 g/mol. The molecule has 2 aliphatic rings. The molecule has 0 aromatic heterocycles. The number of hydrogen-bond acceptors (Lipinski definition) is 3. The van der Waals surface area contributed by atoms with Crippen LogP contribution in [0.1, 0.15) is 32.6 Å². The van der Waals surface area contributed by atoms with E-state index in [0.717, 1.165) is 12.8 Å². The smallest absolute Gasteiger partial charge is 0.306 e. The molecule has 0 radical (unpaired) electrons. The highest BCUT2D eigenvalue weighted by Crippen LogP contribution is 2.35. The lowest BCUT2D eigenvalue weighted by Crippen LogP contribution is -2.19. The van der Waals surface area contributed by atoms with Crippen LogP contribution in [0.4, 0.5) is 0 Å². The van der Waals surface area contributed by atoms with Gasteiger partial charge in [-0.3, -0.25) is 9.59 Å². The second-order valence-corrected chi connectivity index (χ2v) is 4.43. The van der Waals surface area contributed by atoms with E-state index in [2.05, 4.69) is 0 Å². The van der Waals surface area contributed by atoms with E-state index in [1.807, 2.05) is 19.1 Å². The zero-order chi connectivity index (χ0) is 10.8. The van der Waals surface area contributed by atoms with Crippen molar-refractivity contribution in [2.24, 2.45) is 11.8 Å². The van der Waals surface area contributed by atoms with Gasteiger partial charge in [0.1, 0.15) is 11.9 Å². The molecule has 0 bridgehead atoms. The number of carbonyl (C=O) groups is 2. The van der Waals surface area contributed by atoms with Crippen molar-refractivity contribution in [1.82, 2.24) is 0 Å². The number of rotatable bonds is 0. The molecule has 1 unspecified atom stereocenters. The van der Waals surface area contributed by atoms with Gasteiger partial charge in [0.05, 0.1) is 0 Å². The number of Topliss-reactive ketones (excluding diaryl/α,β-unsaturated/α-hetero) is 1. The summed E-state index contributed by atoms with van der Waals surface area (Å²) in [5.74, 6) is 0.407. The second-order valence-electron chi connectivity index (χ2n) is 4.43. The van der Waals surface area contributed by atoms with Crippen LogP contribution in [0.25, 0.3) is 0 Å². The van der Waals surface area contributed by atoms with Crippen LogP contribution in [0.2, 0.25) is 0 Å². The molecule has 1 aliphatic carbocycles. The van der Waals surface area contributed by atoms with Gasteiger partial charge in [-0.25, -0.2) is 0 Å². The molecule has 3 heteroatoms. The van der Waals surface area contributed by atoms with Gasteiger partial charge >= 0.3 is 5.97 Å². The maximum Gasteiger partial charge on any atom is 0.306 e. The van der Waals surface area contributed by atoms with E-state index in [4.69, 9.17) is 4.74 Å². The van der Waals surface area contributed by atoms with Crippen LogP contribution >= 0.6 is 0 Å². The first kappa shape index (κ1) is 10.4. The Morgan fingerprint density at radius 2 is 2.20 bits per heavy atom. The summed E-state index contributed by atoms with van der Waals surface area (Å²) >= 11 is 0. The fraction of sp³-hybridized carbons (Fsp3) is 0.667. The highest BCUT2D eigenvalue weighted by Gasteiger charge is 2.35. The Morgan fingerprint density at radius 3 is 3.00 bits per heavy atom. The summed E-state index contributed by atoms with van der Waals surface area (Å²) < 4.78 is 5.18. The lowest BCUT2D eigenvalue weighted by atomic mass is 9.90. The lowest BCUT2D eigenvalue weighted by Gasteiger charge is -2.14. The van der Waals surface area contributed by atoms with Crippen molar-refractivity contribution in [2.75, 3.05) is 0 Å². The average Bonchev–Trinajstić information content (AvgIpc) is 2.50. The molecule has 15 heavy (non-hydrogen) atoms. The van der Waals surface area contributed by atoms with Gasteiger partial charge in [0.2, 0.25) is 0 Å². The summed E-state index contributed by atoms with van der Waals surface area (Å²) in [6.45, 7) is 1.84. The highest BCUT2D eigenvalue weighted by atomic mass is 16.5. The van der Waals surface area contributed by atoms with Gasteiger partial charge in [0.15, 0.2) is 0 Å². The molecule has 0 aromatic rings. The third-order valence-corrected chi connectivity index (χ3v) is 3.29. The third kappa shape index (κ3) is 2.28. The van der Waals surface area contributed by atoms with Crippen LogP contribution in [-0.4, -0.2) is 17.9 Å². The van der Waals surface area contributed by atoms with Crippen LogP contribution in [0.3, 0.4) is 0 Å². The number of allylic oxidation sites excluding steroid dienone is 1. The molecule has 0 aromatic carbocycles. The zero-order valence-corrected chi connectivity index (χ0v) is 8.94. The summed E-state index contributed by atoms with van der Waals surface area (Å²) in [4.78, 5) is 23.1. The lowest BCUT2D eigenvalue weighted by molar-refractivity contribution is -0.147. The van der Waals surface area contributed by atoms with E-state index in [1.165, 1.54) is 0 Å². The topological polar surface area (TPSA) is 43.4 Å². The van der Waals surface area contributed by atoms with E-state index in [0.29, 0.717) is 18.6 Å². The van der Waals surface area contributed by atoms with Crippen LogP contribution in [-0.2, 0) is 14.3 Å². The SMILES string of the molecule is CC1/C=C/C[C@H]2C(=O)CC[C@@H]2CC(=O)O1. The maximum atomic E-state index is 11.6. The van der Waals surface area contributed by atoms with E-state index < -0.39 is 0 Å². The van der Waals surface area contributed by atoms with E-state index in [1.54, 1.807) is 0 Å². The van der Waals surface area contributed by atoms with Gasteiger partial charge in [0.25, 0.3) is 0 Å². The Labute approximate surface area is 89.5 Å². The Bertz CT molecular complexity index is 306. The number of ketones is 1. The number of cyclic esters (lactones) is 1. The molecule has 1 heterocycles. The fourth-order valence-electron chi connectivity index (χ4n) is 2.47. The quantitative estimate of drug-likeness (QED) is 0.451. The Morgan fingerprint density at radius 1 is 1.40 bits per heavy atom. The van der Waals surface area contributed by atoms with Gasteiger partial charge in [-0.05, 0) is 31.8 Å². The van der Waals surface area contributed by atoms with Crippen molar-refractivity contribution in [1.29, 1.82) is 0 Å². The van der Waals surface area contributed by atoms with Gasteiger partial charge in [-0.15, -0.1) is 0 Å². The first-order valence-corrected chi connectivity index (χ1v) is 5.55. The normalized spacial score (nSPS) is 38.6. The predicted octanol–water partition coefficient (Wildman–Crippen LogP) is 1.86. The Kier molecular flexibility index (Phi) is 2.89. The molecule has 0 spiro atoms. The van der Waals surface area contributed by atoms with Crippen molar-refractivity contribution >= 4 is 11.8 Å². The molecule has 3 atom stereocenters. The average molecular weight is 208 g/mol. The van der Waals surface area contributed by atoms with E-state index in [-0.39, 0.29) is 23.9 Å². The maximum absolute atomic E-state index is 11.6. The minimum absolute atomic E-state index is 0.0547. The van der Waals surface area contributed by atoms with Gasteiger partial charge < -0.3 is 4.74 Å². The molecular weight excluding hydrogens is 192 g/mol. The molecule has 0 amide bonds.